The van der Waals surface area contributed by atoms with Crippen LogP contribution in [0, 0.1) is 0 Å². The summed E-state index contributed by atoms with van der Waals surface area (Å²) in [4.78, 5) is 25.6. The van der Waals surface area contributed by atoms with E-state index >= 15 is 0 Å². The lowest BCUT2D eigenvalue weighted by Gasteiger charge is -2.31. The molecule has 6 rings (SSSR count). The third-order valence-corrected chi connectivity index (χ3v) is 8.56. The molecule has 9 heteroatoms. The van der Waals surface area contributed by atoms with E-state index in [9.17, 15) is 4.79 Å². The van der Waals surface area contributed by atoms with Crippen LogP contribution in [0.2, 0.25) is 0 Å². The summed E-state index contributed by atoms with van der Waals surface area (Å²) in [7, 11) is 0. The summed E-state index contributed by atoms with van der Waals surface area (Å²) in [6.07, 6.45) is 8.11. The van der Waals surface area contributed by atoms with E-state index in [-0.39, 0.29) is 8.76 Å². The Bertz CT molecular complexity index is 1090. The van der Waals surface area contributed by atoms with Crippen LogP contribution in [0.4, 0.5) is 5.00 Å². The maximum atomic E-state index is 12.9. The van der Waals surface area contributed by atoms with Crippen molar-refractivity contribution in [1.82, 2.24) is 20.2 Å². The first kappa shape index (κ1) is 19.8. The van der Waals surface area contributed by atoms with Crippen LogP contribution in [0.15, 0.2) is 18.5 Å². The number of nitrogens with one attached hydrogen (secondary N) is 2. The summed E-state index contributed by atoms with van der Waals surface area (Å²) in [6.45, 7) is 4.50. The monoisotopic (exact) mass is 459 g/mol. The number of morpholine rings is 1. The van der Waals surface area contributed by atoms with Crippen LogP contribution < -0.4 is 10.6 Å². The fourth-order valence-corrected chi connectivity index (χ4v) is 7.18. The molecule has 6 heterocycles. The molecule has 166 valence electrons. The molecule has 3 aromatic rings. The van der Waals surface area contributed by atoms with Gasteiger partial charge in [-0.25, -0.2) is 4.98 Å². The minimum Gasteiger partial charge on any atom is -0.372 e. The Hall–Kier alpha value is -1.91. The van der Waals surface area contributed by atoms with E-state index in [2.05, 4.69) is 20.5 Å². The molecule has 3 aliphatic heterocycles. The summed E-state index contributed by atoms with van der Waals surface area (Å²) in [5, 5.41) is 8.59. The Morgan fingerprint density at radius 2 is 2.19 bits per heavy atom. The number of carbonyl (C=O) groups is 1. The van der Waals surface area contributed by atoms with Gasteiger partial charge in [-0.1, -0.05) is 0 Å². The summed E-state index contributed by atoms with van der Waals surface area (Å²) in [5.41, 5.74) is 3.35. The molecule has 0 spiro atoms. The number of rotatable bonds is 5. The van der Waals surface area contributed by atoms with Gasteiger partial charge >= 0.3 is 0 Å². The highest BCUT2D eigenvalue weighted by molar-refractivity contribution is 7.22. The number of hydrogen-bond donors (Lipinski definition) is 2. The van der Waals surface area contributed by atoms with Gasteiger partial charge in [0.15, 0.2) is 0 Å². The zero-order valence-electron chi connectivity index (χ0n) is 17.2. The number of hydrogen-bond acceptors (Lipinski definition) is 8. The quantitative estimate of drug-likeness (QED) is 0.605. The average Bonchev–Trinajstić information content (AvgIpc) is 3.46. The molecule has 0 aliphatic carbocycles. The Labute approximate surface area is 191 Å². The number of ether oxygens (including phenoxy) is 1. The van der Waals surface area contributed by atoms with Crippen LogP contribution in [0.25, 0.3) is 20.8 Å². The van der Waals surface area contributed by atoms with E-state index in [0.29, 0.717) is 18.6 Å². The van der Waals surface area contributed by atoms with Gasteiger partial charge < -0.3 is 15.4 Å². The van der Waals surface area contributed by atoms with E-state index in [1.807, 2.05) is 12.3 Å². The fourth-order valence-electron chi connectivity index (χ4n) is 4.87. The van der Waals surface area contributed by atoms with E-state index < -0.39 is 0 Å². The van der Waals surface area contributed by atoms with Crippen LogP contribution >= 0.6 is 22.7 Å². The molecule has 2 atom stereocenters. The molecule has 0 saturated carbocycles. The predicted molar refractivity (Wildman–Crippen MR) is 128 cm³/mol. The molecular formula is C22H29N5O2S2. The highest BCUT2D eigenvalue weighted by Crippen LogP contribution is 2.44. The maximum absolute atomic E-state index is 12.9. The van der Waals surface area contributed by atoms with Crippen LogP contribution in [0.1, 0.15) is 32.6 Å². The number of likely N-dealkylation sites (tertiary alicyclic amines) is 1. The summed E-state index contributed by atoms with van der Waals surface area (Å²) < 4.78 is 7.03. The molecule has 0 aromatic carbocycles. The Morgan fingerprint density at radius 1 is 1.32 bits per heavy atom. The molecule has 31 heavy (non-hydrogen) atoms. The lowest BCUT2D eigenvalue weighted by atomic mass is 10.0. The molecule has 2 unspecified atom stereocenters. The van der Waals surface area contributed by atoms with Gasteiger partial charge in [-0.15, -0.1) is 22.7 Å². The van der Waals surface area contributed by atoms with E-state index in [1.165, 1.54) is 10.4 Å². The topological polar surface area (TPSA) is 79.4 Å². The lowest BCUT2D eigenvalue weighted by molar-refractivity contribution is -0.117. The Kier molecular flexibility index (Phi) is 5.23. The smallest absolute Gasteiger partial charge is 0.226 e. The van der Waals surface area contributed by atoms with Crippen molar-refractivity contribution in [2.75, 3.05) is 31.5 Å². The highest BCUT2D eigenvalue weighted by Gasteiger charge is 2.33. The average molecular weight is 460 g/mol. The molecule has 2 N–H and O–H groups in total. The molecule has 3 aromatic heterocycles. The van der Waals surface area contributed by atoms with Crippen molar-refractivity contribution in [2.45, 2.75) is 44.4 Å². The SMILES string of the molecule is O=C(CCN1CC2CCC(C1)O2)Nc1sc2c(c1-c1nc3cnccc3s1)CCNC2.[HH].[HH]. The molecule has 2 bridgehead atoms. The highest BCUT2D eigenvalue weighted by atomic mass is 32.1. The van der Waals surface area contributed by atoms with Gasteiger partial charge in [0, 0.05) is 52.1 Å². The van der Waals surface area contributed by atoms with Crippen LogP contribution in [-0.4, -0.2) is 59.2 Å². The molecule has 0 radical (unpaired) electrons. The standard InChI is InChI=1S/C22H25N5O2S2.2H2/c28-19(5-8-27-11-13-1-2-14(12-27)29-13)26-22-20(15-3-6-24-10-18(15)31-22)21-25-16-9-23-7-4-17(16)30-21;;/h4,7,9,13-14,24H,1-3,5-6,8,10-12H2,(H,26,28);2*1H. The second-order valence-electron chi connectivity index (χ2n) is 8.51. The zero-order chi connectivity index (χ0) is 20.8. The number of anilines is 1. The first-order valence-corrected chi connectivity index (χ1v) is 12.6. The van der Waals surface area contributed by atoms with Gasteiger partial charge in [0.25, 0.3) is 0 Å². The van der Waals surface area contributed by atoms with Crippen molar-refractivity contribution in [1.29, 1.82) is 0 Å². The van der Waals surface area contributed by atoms with E-state index in [1.54, 1.807) is 28.9 Å². The Balaban J connectivity index is 0.00000130. The van der Waals surface area contributed by atoms with Gasteiger partial charge in [-0.05, 0) is 37.4 Å². The summed E-state index contributed by atoms with van der Waals surface area (Å²) in [6, 6.07) is 2.00. The first-order valence-electron chi connectivity index (χ1n) is 11.0. The van der Waals surface area contributed by atoms with Gasteiger partial charge in [-0.2, -0.15) is 0 Å². The van der Waals surface area contributed by atoms with Crippen LogP contribution in [-0.2, 0) is 22.5 Å². The minimum absolute atomic E-state index is 0. The summed E-state index contributed by atoms with van der Waals surface area (Å²) >= 11 is 3.36. The van der Waals surface area contributed by atoms with Crippen molar-refractivity contribution in [3.05, 3.63) is 28.9 Å². The number of fused-ring (bicyclic) bond motifs is 4. The van der Waals surface area contributed by atoms with Gasteiger partial charge in [0.2, 0.25) is 5.91 Å². The molecular weight excluding hydrogens is 430 g/mol. The van der Waals surface area contributed by atoms with Crippen molar-refractivity contribution in [3.63, 3.8) is 0 Å². The molecule has 7 nitrogen and oxygen atoms in total. The number of thiophene rings is 1. The number of amides is 1. The van der Waals surface area contributed by atoms with E-state index in [0.717, 1.165) is 77.8 Å². The number of aromatic nitrogens is 2. The largest absolute Gasteiger partial charge is 0.372 e. The normalized spacial score (nSPS) is 23.2. The van der Waals surface area contributed by atoms with Crippen molar-refractivity contribution in [2.24, 2.45) is 0 Å². The molecule has 2 fully saturated rings. The summed E-state index contributed by atoms with van der Waals surface area (Å²) in [5.74, 6) is 0.0782. The van der Waals surface area contributed by atoms with Gasteiger partial charge in [0.05, 0.1) is 23.1 Å². The van der Waals surface area contributed by atoms with Crippen molar-refractivity contribution < 1.29 is 12.4 Å². The minimum atomic E-state index is 0. The molecule has 1 amide bonds. The number of carbonyl (C=O) groups excluding carboxylic acids is 1. The molecule has 2 saturated heterocycles. The van der Waals surface area contributed by atoms with Crippen molar-refractivity contribution in [3.8, 4) is 10.6 Å². The lowest BCUT2D eigenvalue weighted by Crippen LogP contribution is -2.43. The third kappa shape index (κ3) is 3.89. The van der Waals surface area contributed by atoms with E-state index in [4.69, 9.17) is 9.72 Å². The number of thiazole rings is 1. The first-order chi connectivity index (χ1) is 15.2. The second-order valence-corrected chi connectivity index (χ2v) is 10.6. The number of pyridine rings is 1. The van der Waals surface area contributed by atoms with Crippen molar-refractivity contribution >= 4 is 43.8 Å². The van der Waals surface area contributed by atoms with Crippen LogP contribution in [0.3, 0.4) is 0 Å². The zero-order valence-corrected chi connectivity index (χ0v) is 18.9. The third-order valence-electron chi connectivity index (χ3n) is 6.36. The molecule has 3 aliphatic rings. The fraction of sp³-hybridized carbons (Fsp3) is 0.500. The second kappa shape index (κ2) is 8.22. The van der Waals surface area contributed by atoms with Crippen LogP contribution in [0.5, 0.6) is 0 Å². The van der Waals surface area contributed by atoms with Gasteiger partial charge in [0.1, 0.15) is 15.5 Å². The number of nitrogens with zero attached hydrogens (tertiary/aromatic N) is 3. The maximum Gasteiger partial charge on any atom is 0.226 e. The van der Waals surface area contributed by atoms with Gasteiger partial charge in [-0.3, -0.25) is 14.7 Å². The Morgan fingerprint density at radius 3 is 3.03 bits per heavy atom. The predicted octanol–water partition coefficient (Wildman–Crippen LogP) is 3.75.